The third kappa shape index (κ3) is 7.09. The Bertz CT molecular complexity index is 1240. The first-order chi connectivity index (χ1) is 17.9. The molecule has 10 nitrogen and oxygen atoms in total. The van der Waals surface area contributed by atoms with Crippen molar-refractivity contribution in [1.82, 2.24) is 10.2 Å². The molecule has 38 heavy (non-hydrogen) atoms. The lowest BCUT2D eigenvalue weighted by Crippen LogP contribution is -2.55. The Kier molecular flexibility index (Phi) is 9.14. The Balaban J connectivity index is 1.98. The lowest BCUT2D eigenvalue weighted by molar-refractivity contribution is -0.141. The summed E-state index contributed by atoms with van der Waals surface area (Å²) >= 11 is 0. The van der Waals surface area contributed by atoms with Gasteiger partial charge in [-0.15, -0.1) is 0 Å². The molecular formula is C27H37N3O7S. The number of anilines is 1. The monoisotopic (exact) mass is 547 g/mol. The van der Waals surface area contributed by atoms with Crippen LogP contribution in [0.5, 0.6) is 17.2 Å². The number of rotatable bonds is 11. The Morgan fingerprint density at radius 2 is 1.71 bits per heavy atom. The highest BCUT2D eigenvalue weighted by Gasteiger charge is 2.34. The SMILES string of the molecule is CCC(C(=O)NC(C)(C)C)N(Cc1ccc(OC)cc1)C(=O)CN(c1ccc2c(c1)OCO2)S(=O)(=O)CC. The van der Waals surface area contributed by atoms with Crippen molar-refractivity contribution in [3.05, 3.63) is 48.0 Å². The third-order valence-electron chi connectivity index (χ3n) is 6.02. The van der Waals surface area contributed by atoms with Crippen LogP contribution in [0.25, 0.3) is 0 Å². The Labute approximate surface area is 224 Å². The Morgan fingerprint density at radius 3 is 2.29 bits per heavy atom. The molecule has 0 aromatic heterocycles. The van der Waals surface area contributed by atoms with E-state index in [0.29, 0.717) is 23.7 Å². The van der Waals surface area contributed by atoms with Crippen molar-refractivity contribution in [3.8, 4) is 17.2 Å². The summed E-state index contributed by atoms with van der Waals surface area (Å²) in [5.41, 5.74) is 0.541. The molecule has 1 aliphatic rings. The highest BCUT2D eigenvalue weighted by molar-refractivity contribution is 7.92. The van der Waals surface area contributed by atoms with E-state index in [1.165, 1.54) is 11.8 Å². The van der Waals surface area contributed by atoms with Gasteiger partial charge in [-0.3, -0.25) is 13.9 Å². The number of carbonyl (C=O) groups is 2. The summed E-state index contributed by atoms with van der Waals surface area (Å²) in [5.74, 6) is 0.528. The number of hydrogen-bond acceptors (Lipinski definition) is 7. The molecule has 1 unspecified atom stereocenters. The zero-order chi connectivity index (χ0) is 28.1. The second kappa shape index (κ2) is 11.9. The van der Waals surface area contributed by atoms with E-state index in [1.54, 1.807) is 37.4 Å². The Morgan fingerprint density at radius 1 is 1.05 bits per heavy atom. The summed E-state index contributed by atoms with van der Waals surface area (Å²) in [6, 6.07) is 11.1. The topological polar surface area (TPSA) is 114 Å². The van der Waals surface area contributed by atoms with Crippen molar-refractivity contribution in [2.24, 2.45) is 0 Å². The van der Waals surface area contributed by atoms with E-state index < -0.39 is 34.1 Å². The second-order valence-corrected chi connectivity index (χ2v) is 12.2. The van der Waals surface area contributed by atoms with Gasteiger partial charge in [0.1, 0.15) is 18.3 Å². The highest BCUT2D eigenvalue weighted by Crippen LogP contribution is 2.36. The molecule has 2 aromatic rings. The number of nitrogens with zero attached hydrogens (tertiary/aromatic N) is 2. The van der Waals surface area contributed by atoms with Crippen molar-refractivity contribution in [2.75, 3.05) is 30.5 Å². The van der Waals surface area contributed by atoms with E-state index in [1.807, 2.05) is 39.8 Å². The molecule has 1 aliphatic heterocycles. The molecule has 2 amide bonds. The average molecular weight is 548 g/mol. The number of nitrogens with one attached hydrogen (secondary N) is 1. The molecule has 0 saturated carbocycles. The van der Waals surface area contributed by atoms with Gasteiger partial charge in [-0.2, -0.15) is 0 Å². The predicted octanol–water partition coefficient (Wildman–Crippen LogP) is 3.30. The van der Waals surface area contributed by atoms with Gasteiger partial charge in [0.2, 0.25) is 28.6 Å². The van der Waals surface area contributed by atoms with Crippen molar-refractivity contribution < 1.29 is 32.2 Å². The quantitative estimate of drug-likeness (QED) is 0.459. The summed E-state index contributed by atoms with van der Waals surface area (Å²) in [6.07, 6.45) is 0.342. The van der Waals surface area contributed by atoms with Crippen LogP contribution in [0.4, 0.5) is 5.69 Å². The van der Waals surface area contributed by atoms with Crippen molar-refractivity contribution in [2.45, 2.75) is 59.2 Å². The maximum Gasteiger partial charge on any atom is 0.244 e. The lowest BCUT2D eigenvalue weighted by Gasteiger charge is -2.34. The van der Waals surface area contributed by atoms with Crippen LogP contribution in [0.1, 0.15) is 46.6 Å². The number of methoxy groups -OCH3 is 1. The van der Waals surface area contributed by atoms with E-state index in [9.17, 15) is 18.0 Å². The number of ether oxygens (including phenoxy) is 3. The van der Waals surface area contributed by atoms with Gasteiger partial charge in [0.15, 0.2) is 11.5 Å². The summed E-state index contributed by atoms with van der Waals surface area (Å²) < 4.78 is 43.3. The van der Waals surface area contributed by atoms with E-state index in [-0.39, 0.29) is 30.7 Å². The van der Waals surface area contributed by atoms with Crippen molar-refractivity contribution in [3.63, 3.8) is 0 Å². The van der Waals surface area contributed by atoms with Crippen LogP contribution in [0.2, 0.25) is 0 Å². The van der Waals surface area contributed by atoms with Crippen LogP contribution in [0.3, 0.4) is 0 Å². The first-order valence-corrected chi connectivity index (χ1v) is 14.1. The maximum atomic E-state index is 13.9. The van der Waals surface area contributed by atoms with Crippen LogP contribution in [-0.2, 0) is 26.2 Å². The zero-order valence-corrected chi connectivity index (χ0v) is 23.6. The molecule has 1 atom stereocenters. The first-order valence-electron chi connectivity index (χ1n) is 12.5. The van der Waals surface area contributed by atoms with Gasteiger partial charge in [0.05, 0.1) is 18.6 Å². The molecule has 0 spiro atoms. The molecule has 0 radical (unpaired) electrons. The van der Waals surface area contributed by atoms with E-state index in [0.717, 1.165) is 9.87 Å². The number of amides is 2. The minimum absolute atomic E-state index is 0.0367. The minimum Gasteiger partial charge on any atom is -0.497 e. The first kappa shape index (κ1) is 29.1. The Hall–Kier alpha value is -3.47. The molecular weight excluding hydrogens is 510 g/mol. The fourth-order valence-electron chi connectivity index (χ4n) is 4.06. The third-order valence-corrected chi connectivity index (χ3v) is 7.76. The molecule has 1 N–H and O–H groups in total. The van der Waals surface area contributed by atoms with E-state index in [2.05, 4.69) is 5.32 Å². The standard InChI is InChI=1S/C27H37N3O7S/c1-7-22(26(32)28-27(3,4)5)29(16-19-9-12-21(35-6)13-10-19)25(31)17-30(38(33,34)8-2)20-11-14-23-24(15-20)37-18-36-23/h9-15,22H,7-8,16-18H2,1-6H3,(H,28,32). The van der Waals surface area contributed by atoms with E-state index in [4.69, 9.17) is 14.2 Å². The number of carbonyl (C=O) groups excluding carboxylic acids is 2. The minimum atomic E-state index is -3.85. The smallest absolute Gasteiger partial charge is 0.244 e. The van der Waals surface area contributed by atoms with Crippen molar-refractivity contribution in [1.29, 1.82) is 0 Å². The molecule has 0 fully saturated rings. The van der Waals surface area contributed by atoms with Gasteiger partial charge in [-0.25, -0.2) is 8.42 Å². The fourth-order valence-corrected chi connectivity index (χ4v) is 5.11. The number of benzene rings is 2. The molecule has 1 heterocycles. The molecule has 208 valence electrons. The van der Waals surface area contributed by atoms with Gasteiger partial charge in [-0.05, 0) is 63.9 Å². The van der Waals surface area contributed by atoms with Gasteiger partial charge >= 0.3 is 0 Å². The normalized spacial score (nSPS) is 13.5. The van der Waals surface area contributed by atoms with E-state index >= 15 is 0 Å². The van der Waals surface area contributed by atoms with Crippen LogP contribution in [0, 0.1) is 0 Å². The summed E-state index contributed by atoms with van der Waals surface area (Å²) in [4.78, 5) is 28.6. The van der Waals surface area contributed by atoms with Gasteiger partial charge in [-0.1, -0.05) is 19.1 Å². The summed E-state index contributed by atoms with van der Waals surface area (Å²) in [7, 11) is -2.29. The molecule has 3 rings (SSSR count). The van der Waals surface area contributed by atoms with Crippen molar-refractivity contribution >= 4 is 27.5 Å². The number of sulfonamides is 1. The molecule has 0 aliphatic carbocycles. The molecule has 2 aromatic carbocycles. The highest BCUT2D eigenvalue weighted by atomic mass is 32.2. The van der Waals surface area contributed by atoms with Gasteiger partial charge in [0, 0.05) is 18.2 Å². The lowest BCUT2D eigenvalue weighted by atomic mass is 10.1. The van der Waals surface area contributed by atoms with Crippen LogP contribution in [0.15, 0.2) is 42.5 Å². The van der Waals surface area contributed by atoms with Gasteiger partial charge in [0.25, 0.3) is 0 Å². The summed E-state index contributed by atoms with van der Waals surface area (Å²) in [6.45, 7) is 8.59. The number of hydrogen-bond donors (Lipinski definition) is 1. The van der Waals surface area contributed by atoms with Crippen LogP contribution in [-0.4, -0.2) is 62.9 Å². The molecule has 0 bridgehead atoms. The maximum absolute atomic E-state index is 13.9. The number of fused-ring (bicyclic) bond motifs is 1. The predicted molar refractivity (Wildman–Crippen MR) is 145 cm³/mol. The largest absolute Gasteiger partial charge is 0.497 e. The average Bonchev–Trinajstić information content (AvgIpc) is 3.34. The fraction of sp³-hybridized carbons (Fsp3) is 0.481. The molecule has 11 heteroatoms. The van der Waals surface area contributed by atoms with Crippen LogP contribution < -0.4 is 23.8 Å². The van der Waals surface area contributed by atoms with Gasteiger partial charge < -0.3 is 24.4 Å². The molecule has 0 saturated heterocycles. The summed E-state index contributed by atoms with van der Waals surface area (Å²) in [5, 5.41) is 2.95. The van der Waals surface area contributed by atoms with Crippen LogP contribution >= 0.6 is 0 Å². The second-order valence-electron chi connectivity index (χ2n) is 9.98. The zero-order valence-electron chi connectivity index (χ0n) is 22.8.